The number of rotatable bonds is 2. The van der Waals surface area contributed by atoms with Crippen LogP contribution in [0.1, 0.15) is 10.4 Å². The van der Waals surface area contributed by atoms with Crippen LogP contribution in [0, 0.1) is 5.82 Å². The summed E-state index contributed by atoms with van der Waals surface area (Å²) in [6, 6.07) is 6.63. The zero-order chi connectivity index (χ0) is 13.1. The minimum atomic E-state index is -0.625. The highest BCUT2D eigenvalue weighted by Gasteiger charge is 2.12. The molecule has 1 aromatic carbocycles. The molecule has 1 heterocycles. The van der Waals surface area contributed by atoms with Crippen LogP contribution >= 0.6 is 11.6 Å². The lowest BCUT2D eigenvalue weighted by Crippen LogP contribution is -2.15. The van der Waals surface area contributed by atoms with Gasteiger partial charge in [0.1, 0.15) is 5.82 Å². The van der Waals surface area contributed by atoms with Crippen LogP contribution in [0.25, 0.3) is 0 Å². The van der Waals surface area contributed by atoms with E-state index >= 15 is 0 Å². The van der Waals surface area contributed by atoms with Crippen molar-refractivity contribution in [3.05, 3.63) is 63.3 Å². The van der Waals surface area contributed by atoms with E-state index in [0.717, 1.165) is 0 Å². The fourth-order valence-electron chi connectivity index (χ4n) is 1.35. The molecule has 1 aromatic heterocycles. The van der Waals surface area contributed by atoms with E-state index in [1.807, 2.05) is 0 Å². The van der Waals surface area contributed by atoms with Gasteiger partial charge in [-0.1, -0.05) is 17.7 Å². The van der Waals surface area contributed by atoms with Crippen LogP contribution in [-0.2, 0) is 0 Å². The van der Waals surface area contributed by atoms with Crippen molar-refractivity contribution in [1.82, 2.24) is 4.98 Å². The second kappa shape index (κ2) is 5.01. The molecule has 4 nitrogen and oxygen atoms in total. The van der Waals surface area contributed by atoms with Gasteiger partial charge in [0.2, 0.25) is 5.56 Å². The van der Waals surface area contributed by atoms with E-state index in [1.54, 1.807) is 0 Å². The first-order valence-electron chi connectivity index (χ1n) is 5.02. The van der Waals surface area contributed by atoms with E-state index in [1.165, 1.54) is 36.5 Å². The van der Waals surface area contributed by atoms with Gasteiger partial charge in [-0.25, -0.2) is 4.39 Å². The monoisotopic (exact) mass is 266 g/mol. The van der Waals surface area contributed by atoms with Gasteiger partial charge in [-0.2, -0.15) is 0 Å². The van der Waals surface area contributed by atoms with Gasteiger partial charge in [0, 0.05) is 12.3 Å². The number of para-hydroxylation sites is 1. The number of halogens is 2. The van der Waals surface area contributed by atoms with Crippen molar-refractivity contribution in [3.8, 4) is 0 Å². The van der Waals surface area contributed by atoms with Crippen LogP contribution in [0.4, 0.5) is 10.1 Å². The predicted molar refractivity (Wildman–Crippen MR) is 66.4 cm³/mol. The SMILES string of the molecule is O=C(Nc1c(F)cccc1Cl)c1ccc(=O)[nH]c1. The quantitative estimate of drug-likeness (QED) is 0.877. The number of pyridine rings is 1. The van der Waals surface area contributed by atoms with Crippen molar-refractivity contribution < 1.29 is 9.18 Å². The lowest BCUT2D eigenvalue weighted by Gasteiger charge is -2.07. The number of benzene rings is 1. The van der Waals surface area contributed by atoms with Gasteiger partial charge in [-0.15, -0.1) is 0 Å². The molecule has 0 aliphatic rings. The molecule has 0 unspecified atom stereocenters. The van der Waals surface area contributed by atoms with Gasteiger partial charge < -0.3 is 10.3 Å². The maximum absolute atomic E-state index is 13.4. The Labute approximate surface area is 106 Å². The molecule has 2 N–H and O–H groups in total. The predicted octanol–water partition coefficient (Wildman–Crippen LogP) is 2.42. The molecule has 2 aromatic rings. The Hall–Kier alpha value is -2.14. The van der Waals surface area contributed by atoms with Gasteiger partial charge in [-0.3, -0.25) is 9.59 Å². The Balaban J connectivity index is 2.27. The van der Waals surface area contributed by atoms with Crippen LogP contribution in [0.15, 0.2) is 41.3 Å². The summed E-state index contributed by atoms with van der Waals surface area (Å²) in [5.74, 6) is -1.18. The lowest BCUT2D eigenvalue weighted by atomic mass is 10.2. The highest BCUT2D eigenvalue weighted by molar-refractivity contribution is 6.33. The number of hydrogen-bond donors (Lipinski definition) is 2. The molecule has 0 bridgehead atoms. The largest absolute Gasteiger partial charge is 0.328 e. The number of amides is 1. The molecule has 0 fully saturated rings. The molecule has 6 heteroatoms. The molecule has 0 saturated heterocycles. The zero-order valence-corrected chi connectivity index (χ0v) is 9.79. The van der Waals surface area contributed by atoms with Crippen molar-refractivity contribution in [2.24, 2.45) is 0 Å². The summed E-state index contributed by atoms with van der Waals surface area (Å²) in [4.78, 5) is 25.0. The Kier molecular flexibility index (Phi) is 3.43. The van der Waals surface area contributed by atoms with Crippen molar-refractivity contribution in [2.75, 3.05) is 5.32 Å². The second-order valence-electron chi connectivity index (χ2n) is 3.49. The number of H-pyrrole nitrogens is 1. The Bertz CT molecular complexity index is 614. The normalized spacial score (nSPS) is 10.1. The molecule has 92 valence electrons. The molecule has 18 heavy (non-hydrogen) atoms. The van der Waals surface area contributed by atoms with E-state index in [9.17, 15) is 14.0 Å². The van der Waals surface area contributed by atoms with Crippen LogP contribution in [0.3, 0.4) is 0 Å². The fraction of sp³-hybridized carbons (Fsp3) is 0. The van der Waals surface area contributed by atoms with E-state index in [-0.39, 0.29) is 21.8 Å². The Morgan fingerprint density at radius 1 is 1.28 bits per heavy atom. The number of nitrogens with one attached hydrogen (secondary N) is 2. The summed E-state index contributed by atoms with van der Waals surface area (Å²) in [6.07, 6.45) is 1.24. The second-order valence-corrected chi connectivity index (χ2v) is 3.90. The molecule has 0 saturated carbocycles. The highest BCUT2D eigenvalue weighted by atomic mass is 35.5. The zero-order valence-electron chi connectivity index (χ0n) is 9.04. The first kappa shape index (κ1) is 12.3. The number of aromatic nitrogens is 1. The molecule has 0 aliphatic heterocycles. The first-order valence-corrected chi connectivity index (χ1v) is 5.40. The van der Waals surface area contributed by atoms with E-state index in [0.29, 0.717) is 0 Å². The van der Waals surface area contributed by atoms with Crippen LogP contribution in [0.2, 0.25) is 5.02 Å². The average molecular weight is 267 g/mol. The standard InChI is InChI=1S/C12H8ClFN2O2/c13-8-2-1-3-9(14)11(8)16-12(18)7-4-5-10(17)15-6-7/h1-6H,(H,15,17)(H,16,18). The maximum Gasteiger partial charge on any atom is 0.257 e. The molecule has 0 aliphatic carbocycles. The van der Waals surface area contributed by atoms with Crippen LogP contribution < -0.4 is 10.9 Å². The van der Waals surface area contributed by atoms with E-state index in [4.69, 9.17) is 11.6 Å². The third kappa shape index (κ3) is 2.57. The summed E-state index contributed by atoms with van der Waals surface area (Å²) in [5, 5.41) is 2.45. The summed E-state index contributed by atoms with van der Waals surface area (Å²) in [7, 11) is 0. The molecule has 0 spiro atoms. The number of hydrogen-bond acceptors (Lipinski definition) is 2. The van der Waals surface area contributed by atoms with Crippen molar-refractivity contribution in [3.63, 3.8) is 0 Å². The maximum atomic E-state index is 13.4. The minimum absolute atomic E-state index is 0.0876. The molecule has 1 amide bonds. The molecule has 0 radical (unpaired) electrons. The molecular formula is C12H8ClFN2O2. The summed E-state index contributed by atoms with van der Waals surface area (Å²) < 4.78 is 13.4. The third-order valence-corrected chi connectivity index (χ3v) is 2.56. The molecular weight excluding hydrogens is 259 g/mol. The Morgan fingerprint density at radius 3 is 2.67 bits per heavy atom. The van der Waals surface area contributed by atoms with E-state index < -0.39 is 11.7 Å². The van der Waals surface area contributed by atoms with Crippen molar-refractivity contribution in [2.45, 2.75) is 0 Å². The van der Waals surface area contributed by atoms with Gasteiger partial charge in [0.25, 0.3) is 5.91 Å². The average Bonchev–Trinajstić information content (AvgIpc) is 2.34. The molecule has 0 atom stereocenters. The number of anilines is 1. The number of carbonyl (C=O) groups excluding carboxylic acids is 1. The van der Waals surface area contributed by atoms with Crippen LogP contribution in [0.5, 0.6) is 0 Å². The van der Waals surface area contributed by atoms with Gasteiger partial charge in [-0.05, 0) is 18.2 Å². The topological polar surface area (TPSA) is 62.0 Å². The smallest absolute Gasteiger partial charge is 0.257 e. The summed E-state index contributed by atoms with van der Waals surface area (Å²) >= 11 is 5.77. The van der Waals surface area contributed by atoms with Gasteiger partial charge in [0.05, 0.1) is 16.3 Å². The third-order valence-electron chi connectivity index (χ3n) is 2.25. The van der Waals surface area contributed by atoms with Crippen molar-refractivity contribution >= 4 is 23.2 Å². The Morgan fingerprint density at radius 2 is 2.06 bits per heavy atom. The van der Waals surface area contributed by atoms with E-state index in [2.05, 4.69) is 10.3 Å². The number of aromatic amines is 1. The van der Waals surface area contributed by atoms with Crippen molar-refractivity contribution in [1.29, 1.82) is 0 Å². The fourth-order valence-corrected chi connectivity index (χ4v) is 1.56. The first-order chi connectivity index (χ1) is 8.58. The van der Waals surface area contributed by atoms with Gasteiger partial charge in [0.15, 0.2) is 0 Å². The van der Waals surface area contributed by atoms with Gasteiger partial charge >= 0.3 is 0 Å². The highest BCUT2D eigenvalue weighted by Crippen LogP contribution is 2.24. The number of carbonyl (C=O) groups is 1. The summed E-state index contributed by atoms with van der Waals surface area (Å²) in [6.45, 7) is 0. The van der Waals surface area contributed by atoms with Crippen LogP contribution in [-0.4, -0.2) is 10.9 Å². The minimum Gasteiger partial charge on any atom is -0.328 e. The lowest BCUT2D eigenvalue weighted by molar-refractivity contribution is 0.102. The summed E-state index contributed by atoms with van der Waals surface area (Å²) in [5.41, 5.74) is -0.209. The molecule has 2 rings (SSSR count).